The maximum absolute atomic E-state index is 11.0. The highest BCUT2D eigenvalue weighted by molar-refractivity contribution is 8.13. The maximum atomic E-state index is 11.0. The fourth-order valence-electron chi connectivity index (χ4n) is 2.68. The highest BCUT2D eigenvalue weighted by Crippen LogP contribution is 2.28. The van der Waals surface area contributed by atoms with Crippen molar-refractivity contribution in [3.8, 4) is 0 Å². The molecule has 3 rings (SSSR count). The normalized spacial score (nSPS) is 11.2. The van der Waals surface area contributed by atoms with Gasteiger partial charge in [0.2, 0.25) is 0 Å². The summed E-state index contributed by atoms with van der Waals surface area (Å²) in [6.07, 6.45) is 1.01. The molecule has 0 amide bonds. The third-order valence-corrected chi connectivity index (χ3v) is 4.41. The quantitative estimate of drug-likeness (QED) is 0.659. The van der Waals surface area contributed by atoms with Gasteiger partial charge >= 0.3 is 0 Å². The Bertz CT molecular complexity index is 707. The fourth-order valence-corrected chi connectivity index (χ4v) is 3.24. The van der Waals surface area contributed by atoms with E-state index in [4.69, 9.17) is 0 Å². The predicted octanol–water partition coefficient (Wildman–Crippen LogP) is 4.46. The lowest BCUT2D eigenvalue weighted by molar-refractivity contribution is -0.109. The van der Waals surface area contributed by atoms with Gasteiger partial charge in [-0.2, -0.15) is 0 Å². The van der Waals surface area contributed by atoms with Crippen molar-refractivity contribution in [3.63, 3.8) is 0 Å². The average molecular weight is 283 g/mol. The van der Waals surface area contributed by atoms with Crippen molar-refractivity contribution in [2.75, 3.05) is 5.75 Å². The molecule has 0 saturated heterocycles. The Balaban J connectivity index is 1.97. The Morgan fingerprint density at radius 2 is 1.55 bits per heavy atom. The number of benzene rings is 2. The van der Waals surface area contributed by atoms with Gasteiger partial charge in [0.05, 0.1) is 0 Å². The summed E-state index contributed by atoms with van der Waals surface area (Å²) in [5, 5.41) is 2.82. The molecule has 2 nitrogen and oxygen atoms in total. The van der Waals surface area contributed by atoms with Crippen LogP contribution in [0.15, 0.2) is 48.5 Å². The first kappa shape index (κ1) is 13.3. The van der Waals surface area contributed by atoms with Crippen LogP contribution in [0.1, 0.15) is 13.3 Å². The number of fused-ring (bicyclic) bond motifs is 3. The summed E-state index contributed by atoms with van der Waals surface area (Å²) in [6, 6.07) is 17.1. The monoisotopic (exact) mass is 283 g/mol. The molecule has 0 saturated carbocycles. The van der Waals surface area contributed by atoms with Crippen molar-refractivity contribution in [1.82, 2.24) is 4.57 Å². The molecule has 0 fully saturated rings. The number of carbonyl (C=O) groups excluding carboxylic acids is 1. The zero-order valence-corrected chi connectivity index (χ0v) is 12.3. The molecule has 1 aromatic heterocycles. The third kappa shape index (κ3) is 2.46. The van der Waals surface area contributed by atoms with Gasteiger partial charge in [-0.3, -0.25) is 4.79 Å². The highest BCUT2D eigenvalue weighted by Gasteiger charge is 2.08. The van der Waals surface area contributed by atoms with E-state index in [9.17, 15) is 4.79 Å². The van der Waals surface area contributed by atoms with Crippen LogP contribution in [0.3, 0.4) is 0 Å². The molecule has 0 aliphatic carbocycles. The van der Waals surface area contributed by atoms with Crippen LogP contribution in [0, 0.1) is 0 Å². The number of aryl methyl sites for hydroxylation is 1. The number of hydrogen-bond acceptors (Lipinski definition) is 2. The van der Waals surface area contributed by atoms with Crippen LogP contribution >= 0.6 is 11.8 Å². The number of rotatable bonds is 4. The predicted molar refractivity (Wildman–Crippen MR) is 87.2 cm³/mol. The number of nitrogens with zero attached hydrogens (tertiary/aromatic N) is 1. The van der Waals surface area contributed by atoms with E-state index in [1.807, 2.05) is 0 Å². The Morgan fingerprint density at radius 3 is 2.10 bits per heavy atom. The summed E-state index contributed by atoms with van der Waals surface area (Å²) in [5.74, 6) is 0.885. The van der Waals surface area contributed by atoms with Crippen LogP contribution in [0.5, 0.6) is 0 Å². The Labute approximate surface area is 122 Å². The molecule has 0 unspecified atom stereocenters. The minimum Gasteiger partial charge on any atom is -0.340 e. The van der Waals surface area contributed by atoms with Crippen LogP contribution < -0.4 is 0 Å². The van der Waals surface area contributed by atoms with E-state index in [1.54, 1.807) is 6.92 Å². The summed E-state index contributed by atoms with van der Waals surface area (Å²) in [7, 11) is 0. The fraction of sp³-hybridized carbons (Fsp3) is 0.235. The van der Waals surface area contributed by atoms with E-state index in [1.165, 1.54) is 33.6 Å². The van der Waals surface area contributed by atoms with Crippen molar-refractivity contribution in [2.45, 2.75) is 19.9 Å². The number of aromatic nitrogens is 1. The van der Waals surface area contributed by atoms with Crippen LogP contribution in [0.2, 0.25) is 0 Å². The maximum Gasteiger partial charge on any atom is 0.185 e. The smallest absolute Gasteiger partial charge is 0.185 e. The van der Waals surface area contributed by atoms with E-state index in [0.717, 1.165) is 18.7 Å². The van der Waals surface area contributed by atoms with Crippen molar-refractivity contribution >= 4 is 38.7 Å². The third-order valence-electron chi connectivity index (χ3n) is 3.51. The molecule has 3 aromatic rings. The second-order valence-electron chi connectivity index (χ2n) is 4.88. The largest absolute Gasteiger partial charge is 0.340 e. The molecule has 0 spiro atoms. The van der Waals surface area contributed by atoms with Gasteiger partial charge in [-0.05, 0) is 18.6 Å². The van der Waals surface area contributed by atoms with Crippen LogP contribution in [-0.2, 0) is 11.3 Å². The molecule has 3 heteroatoms. The molecule has 0 radical (unpaired) electrons. The van der Waals surface area contributed by atoms with Gasteiger partial charge < -0.3 is 4.57 Å². The average Bonchev–Trinajstić information content (AvgIpc) is 2.78. The number of para-hydroxylation sites is 2. The van der Waals surface area contributed by atoms with E-state index in [-0.39, 0.29) is 5.12 Å². The minimum atomic E-state index is 0.201. The lowest BCUT2D eigenvalue weighted by Gasteiger charge is -2.06. The number of carbonyl (C=O) groups is 1. The summed E-state index contributed by atoms with van der Waals surface area (Å²) >= 11 is 1.41. The molecular formula is C17H17NOS. The number of thioether (sulfide) groups is 1. The van der Waals surface area contributed by atoms with Crippen LogP contribution in [0.4, 0.5) is 0 Å². The highest BCUT2D eigenvalue weighted by atomic mass is 32.2. The zero-order chi connectivity index (χ0) is 13.9. The SMILES string of the molecule is CC(=O)SCCCn1c2ccccc2c2ccccc21. The molecule has 102 valence electrons. The van der Waals surface area contributed by atoms with Crippen molar-refractivity contribution in [1.29, 1.82) is 0 Å². The Kier molecular flexibility index (Phi) is 3.79. The summed E-state index contributed by atoms with van der Waals surface area (Å²) in [5.41, 5.74) is 2.56. The topological polar surface area (TPSA) is 22.0 Å². The second-order valence-corrected chi connectivity index (χ2v) is 6.15. The van der Waals surface area contributed by atoms with Crippen LogP contribution in [0.25, 0.3) is 21.8 Å². The van der Waals surface area contributed by atoms with Crippen molar-refractivity contribution in [3.05, 3.63) is 48.5 Å². The zero-order valence-electron chi connectivity index (χ0n) is 11.5. The molecule has 0 N–H and O–H groups in total. The molecule has 0 aliphatic rings. The standard InChI is InChI=1S/C17H17NOS/c1-13(19)20-12-6-11-18-16-9-4-2-7-14(16)15-8-3-5-10-17(15)18/h2-5,7-10H,6,11-12H2,1H3. The lowest BCUT2D eigenvalue weighted by atomic mass is 10.2. The van der Waals surface area contributed by atoms with Gasteiger partial charge in [-0.1, -0.05) is 48.2 Å². The van der Waals surface area contributed by atoms with E-state index in [0.29, 0.717) is 0 Å². The molecule has 0 bridgehead atoms. The summed E-state index contributed by atoms with van der Waals surface area (Å²) in [6.45, 7) is 2.58. The molecule has 20 heavy (non-hydrogen) atoms. The van der Waals surface area contributed by atoms with Crippen molar-refractivity contribution < 1.29 is 4.79 Å². The van der Waals surface area contributed by atoms with Gasteiger partial charge in [0.25, 0.3) is 0 Å². The van der Waals surface area contributed by atoms with Crippen LogP contribution in [-0.4, -0.2) is 15.4 Å². The second kappa shape index (κ2) is 5.71. The molecule has 2 aromatic carbocycles. The van der Waals surface area contributed by atoms with Gasteiger partial charge in [0.1, 0.15) is 0 Å². The lowest BCUT2D eigenvalue weighted by Crippen LogP contribution is -1.99. The molecule has 0 atom stereocenters. The first-order valence-electron chi connectivity index (χ1n) is 6.87. The van der Waals surface area contributed by atoms with Gasteiger partial charge in [0.15, 0.2) is 5.12 Å². The Morgan fingerprint density at radius 1 is 1.00 bits per heavy atom. The molecular weight excluding hydrogens is 266 g/mol. The minimum absolute atomic E-state index is 0.201. The summed E-state index contributed by atoms with van der Waals surface area (Å²) in [4.78, 5) is 11.0. The Hall–Kier alpha value is -1.74. The van der Waals surface area contributed by atoms with E-state index < -0.39 is 0 Å². The van der Waals surface area contributed by atoms with Gasteiger partial charge in [-0.25, -0.2) is 0 Å². The van der Waals surface area contributed by atoms with E-state index >= 15 is 0 Å². The van der Waals surface area contributed by atoms with E-state index in [2.05, 4.69) is 53.1 Å². The number of hydrogen-bond donors (Lipinski definition) is 0. The van der Waals surface area contributed by atoms with Crippen molar-refractivity contribution in [2.24, 2.45) is 0 Å². The molecule has 1 heterocycles. The first-order chi connectivity index (χ1) is 9.77. The molecule has 0 aliphatic heterocycles. The van der Waals surface area contributed by atoms with Gasteiger partial charge in [0, 0.05) is 41.0 Å². The first-order valence-corrected chi connectivity index (χ1v) is 7.85. The van der Waals surface area contributed by atoms with Gasteiger partial charge in [-0.15, -0.1) is 0 Å². The summed E-state index contributed by atoms with van der Waals surface area (Å²) < 4.78 is 2.37.